The van der Waals surface area contributed by atoms with Crippen LogP contribution in [0.4, 0.5) is 0 Å². The molecule has 0 spiro atoms. The van der Waals surface area contributed by atoms with Crippen LogP contribution in [0.1, 0.15) is 47.0 Å². The number of fused-ring (bicyclic) bond motifs is 2. The summed E-state index contributed by atoms with van der Waals surface area (Å²) >= 11 is 0. The van der Waals surface area contributed by atoms with Crippen LogP contribution in [0.3, 0.4) is 0 Å². The molecule has 0 aliphatic heterocycles. The lowest BCUT2D eigenvalue weighted by Crippen LogP contribution is -2.27. The zero-order valence-corrected chi connectivity index (χ0v) is 9.68. The quantitative estimate of drug-likeness (QED) is 0.655. The summed E-state index contributed by atoms with van der Waals surface area (Å²) in [4.78, 5) is 11.8. The van der Waals surface area contributed by atoms with E-state index in [0.717, 1.165) is 5.57 Å². The zero-order valence-electron chi connectivity index (χ0n) is 9.68. The van der Waals surface area contributed by atoms with Gasteiger partial charge in [0.1, 0.15) is 0 Å². The van der Waals surface area contributed by atoms with Gasteiger partial charge in [0.2, 0.25) is 0 Å². The summed E-state index contributed by atoms with van der Waals surface area (Å²) in [5.41, 5.74) is 1.71. The summed E-state index contributed by atoms with van der Waals surface area (Å²) in [6.45, 7) is 8.90. The molecule has 14 heavy (non-hydrogen) atoms. The molecule has 0 N–H and O–H groups in total. The van der Waals surface area contributed by atoms with E-state index in [1.807, 2.05) is 6.92 Å². The topological polar surface area (TPSA) is 17.1 Å². The maximum atomic E-state index is 11.8. The Labute approximate surface area is 86.6 Å². The maximum Gasteiger partial charge on any atom is 0.158 e. The van der Waals surface area contributed by atoms with Crippen LogP contribution in [0.2, 0.25) is 0 Å². The van der Waals surface area contributed by atoms with Crippen LogP contribution < -0.4 is 0 Å². The van der Waals surface area contributed by atoms with E-state index in [0.29, 0.717) is 23.5 Å². The van der Waals surface area contributed by atoms with Gasteiger partial charge >= 0.3 is 0 Å². The van der Waals surface area contributed by atoms with E-state index in [-0.39, 0.29) is 5.41 Å². The fourth-order valence-electron chi connectivity index (χ4n) is 3.25. The van der Waals surface area contributed by atoms with E-state index in [2.05, 4.69) is 26.8 Å². The Kier molecular flexibility index (Phi) is 1.93. The van der Waals surface area contributed by atoms with Crippen molar-refractivity contribution in [3.8, 4) is 0 Å². The lowest BCUT2D eigenvalue weighted by atomic mass is 9.70. The molecule has 78 valence electrons. The van der Waals surface area contributed by atoms with Crippen LogP contribution in [-0.2, 0) is 4.79 Å². The summed E-state index contributed by atoms with van der Waals surface area (Å²) in [7, 11) is 0. The second-order valence-corrected chi connectivity index (χ2v) is 5.61. The highest BCUT2D eigenvalue weighted by Crippen LogP contribution is 2.64. The van der Waals surface area contributed by atoms with Crippen LogP contribution >= 0.6 is 0 Å². The predicted molar refractivity (Wildman–Crippen MR) is 58.0 cm³/mol. The minimum Gasteiger partial charge on any atom is -0.295 e. The minimum absolute atomic E-state index is 0.276. The van der Waals surface area contributed by atoms with Crippen LogP contribution in [0.15, 0.2) is 11.6 Å². The van der Waals surface area contributed by atoms with Crippen molar-refractivity contribution in [2.45, 2.75) is 47.0 Å². The van der Waals surface area contributed by atoms with Crippen LogP contribution in [0.25, 0.3) is 0 Å². The Hall–Kier alpha value is -0.590. The predicted octanol–water partition coefficient (Wildman–Crippen LogP) is 3.35. The first-order valence-electron chi connectivity index (χ1n) is 5.68. The highest BCUT2D eigenvalue weighted by Gasteiger charge is 2.56. The average molecular weight is 192 g/mol. The minimum atomic E-state index is 0.276. The van der Waals surface area contributed by atoms with Gasteiger partial charge in [-0.25, -0.2) is 0 Å². The molecule has 0 radical (unpaired) electrons. The molecule has 0 saturated heterocycles. The molecule has 0 amide bonds. The van der Waals surface area contributed by atoms with Crippen LogP contribution in [-0.4, -0.2) is 5.78 Å². The summed E-state index contributed by atoms with van der Waals surface area (Å²) in [5, 5.41) is 0. The lowest BCUT2D eigenvalue weighted by molar-refractivity contribution is -0.115. The maximum absolute atomic E-state index is 11.8. The SMILES string of the molecule is CCC(=O)C1=C[C@]2(C)CC[C@H]1C2(C)C. The van der Waals surface area contributed by atoms with Gasteiger partial charge in [-0.3, -0.25) is 4.79 Å². The number of ketones is 1. The summed E-state index contributed by atoms with van der Waals surface area (Å²) < 4.78 is 0. The molecule has 0 heterocycles. The second-order valence-electron chi connectivity index (χ2n) is 5.61. The van der Waals surface area contributed by atoms with Gasteiger partial charge in [-0.2, -0.15) is 0 Å². The highest BCUT2D eigenvalue weighted by atomic mass is 16.1. The van der Waals surface area contributed by atoms with Gasteiger partial charge in [0.25, 0.3) is 0 Å². The number of Topliss-reactive ketones (excluding diaryl/α,β-unsaturated/α-hetero) is 1. The summed E-state index contributed by atoms with van der Waals surface area (Å²) in [6.07, 6.45) is 5.40. The molecule has 2 atom stereocenters. The second kappa shape index (κ2) is 2.71. The third kappa shape index (κ3) is 0.986. The smallest absolute Gasteiger partial charge is 0.158 e. The highest BCUT2D eigenvalue weighted by molar-refractivity contribution is 5.96. The van der Waals surface area contributed by atoms with Crippen molar-refractivity contribution < 1.29 is 4.79 Å². The van der Waals surface area contributed by atoms with E-state index in [1.54, 1.807) is 0 Å². The van der Waals surface area contributed by atoms with E-state index < -0.39 is 0 Å². The third-order valence-electron chi connectivity index (χ3n) is 4.79. The monoisotopic (exact) mass is 192 g/mol. The van der Waals surface area contributed by atoms with Crippen molar-refractivity contribution in [2.24, 2.45) is 16.7 Å². The molecule has 1 heteroatoms. The van der Waals surface area contributed by atoms with Crippen LogP contribution in [0, 0.1) is 16.7 Å². The van der Waals surface area contributed by atoms with Crippen molar-refractivity contribution in [1.82, 2.24) is 0 Å². The van der Waals surface area contributed by atoms with Gasteiger partial charge in [0, 0.05) is 6.42 Å². The Bertz CT molecular complexity index is 311. The van der Waals surface area contributed by atoms with E-state index in [9.17, 15) is 4.79 Å². The molecule has 2 aliphatic carbocycles. The first kappa shape index (κ1) is 9.95. The normalized spacial score (nSPS) is 38.6. The zero-order chi connectivity index (χ0) is 10.6. The van der Waals surface area contributed by atoms with Gasteiger partial charge in [0.15, 0.2) is 5.78 Å². The van der Waals surface area contributed by atoms with Crippen molar-refractivity contribution in [3.05, 3.63) is 11.6 Å². The van der Waals surface area contributed by atoms with Gasteiger partial charge in [-0.05, 0) is 35.2 Å². The third-order valence-corrected chi connectivity index (χ3v) is 4.79. The van der Waals surface area contributed by atoms with Gasteiger partial charge in [0.05, 0.1) is 0 Å². The number of hydrogen-bond acceptors (Lipinski definition) is 1. The number of hydrogen-bond donors (Lipinski definition) is 0. The standard InChI is InChI=1S/C13H20O/c1-5-11(14)9-8-13(4)7-6-10(9)12(13,2)3/h8,10H,5-7H2,1-4H3/t10-,13+/m1/s1. The molecule has 0 aromatic heterocycles. The fraction of sp³-hybridized carbons (Fsp3) is 0.769. The number of carbonyl (C=O) groups is 1. The first-order valence-corrected chi connectivity index (χ1v) is 5.68. The molecular weight excluding hydrogens is 172 g/mol. The number of rotatable bonds is 2. The van der Waals surface area contributed by atoms with Crippen molar-refractivity contribution >= 4 is 5.78 Å². The van der Waals surface area contributed by atoms with Crippen LogP contribution in [0.5, 0.6) is 0 Å². The van der Waals surface area contributed by atoms with Crippen molar-refractivity contribution in [1.29, 1.82) is 0 Å². The molecule has 0 aromatic rings. The largest absolute Gasteiger partial charge is 0.295 e. The average Bonchev–Trinajstić information content (AvgIpc) is 2.47. The molecule has 0 aromatic carbocycles. The summed E-state index contributed by atoms with van der Waals surface area (Å²) in [6, 6.07) is 0. The molecule has 1 saturated carbocycles. The van der Waals surface area contributed by atoms with Gasteiger partial charge in [-0.15, -0.1) is 0 Å². The molecule has 2 rings (SSSR count). The van der Waals surface area contributed by atoms with Crippen molar-refractivity contribution in [2.75, 3.05) is 0 Å². The summed E-state index contributed by atoms with van der Waals surface area (Å²) in [5.74, 6) is 0.895. The van der Waals surface area contributed by atoms with Gasteiger partial charge in [-0.1, -0.05) is 33.8 Å². The van der Waals surface area contributed by atoms with E-state index >= 15 is 0 Å². The number of allylic oxidation sites excluding steroid dienone is 2. The Morgan fingerprint density at radius 3 is 2.50 bits per heavy atom. The molecule has 2 aliphatic rings. The van der Waals surface area contributed by atoms with Crippen molar-refractivity contribution in [3.63, 3.8) is 0 Å². The first-order chi connectivity index (χ1) is 6.42. The lowest BCUT2D eigenvalue weighted by Gasteiger charge is -2.33. The van der Waals surface area contributed by atoms with E-state index in [4.69, 9.17) is 0 Å². The Balaban J connectivity index is 2.39. The van der Waals surface area contributed by atoms with E-state index in [1.165, 1.54) is 12.8 Å². The molecule has 0 unspecified atom stereocenters. The molecule has 2 bridgehead atoms. The number of carbonyl (C=O) groups excluding carboxylic acids is 1. The molecule has 1 fully saturated rings. The Morgan fingerprint density at radius 2 is 2.14 bits per heavy atom. The fourth-order valence-corrected chi connectivity index (χ4v) is 3.25. The van der Waals surface area contributed by atoms with Gasteiger partial charge < -0.3 is 0 Å². The molecular formula is C13H20O. The Morgan fingerprint density at radius 1 is 1.50 bits per heavy atom. The molecule has 1 nitrogen and oxygen atoms in total.